The number of nitrogens with zero attached hydrogens (tertiary/aromatic N) is 3. The van der Waals surface area contributed by atoms with Gasteiger partial charge in [-0.3, -0.25) is 4.79 Å². The minimum atomic E-state index is -0.652. The third-order valence-corrected chi connectivity index (χ3v) is 9.82. The number of hydrogen-bond acceptors (Lipinski definition) is 6. The summed E-state index contributed by atoms with van der Waals surface area (Å²) in [7, 11) is 0. The first-order valence-electron chi connectivity index (χ1n) is 14.5. The monoisotopic (exact) mass is 733 g/mol. The molecule has 0 aliphatic carbocycles. The first-order valence-corrected chi connectivity index (χ1v) is 17.1. The van der Waals surface area contributed by atoms with Gasteiger partial charge in [0.2, 0.25) is 11.1 Å². The average Bonchev–Trinajstić information content (AvgIpc) is 3.44. The fourth-order valence-electron chi connectivity index (χ4n) is 5.21. The number of allylic oxidation sites excluding steroid dienone is 1. The van der Waals surface area contributed by atoms with Crippen LogP contribution in [0.25, 0.3) is 0 Å². The van der Waals surface area contributed by atoms with Crippen molar-refractivity contribution in [2.45, 2.75) is 44.3 Å². The maximum Gasteiger partial charge on any atom is 0.255 e. The van der Waals surface area contributed by atoms with E-state index < -0.39 is 6.04 Å². The average molecular weight is 736 g/mol. The second kappa shape index (κ2) is 13.9. The summed E-state index contributed by atoms with van der Waals surface area (Å²) >= 11 is 17.6. The molecule has 0 bridgehead atoms. The van der Waals surface area contributed by atoms with Crippen LogP contribution in [-0.4, -0.2) is 20.7 Å². The highest BCUT2D eigenvalue weighted by atomic mass is 79.9. The zero-order valence-corrected chi connectivity index (χ0v) is 29.2. The van der Waals surface area contributed by atoms with Gasteiger partial charge >= 0.3 is 0 Å². The van der Waals surface area contributed by atoms with Crippen LogP contribution >= 0.6 is 50.9 Å². The molecule has 1 aliphatic heterocycles. The Balaban J connectivity index is 1.40. The number of hydrogen-bond donors (Lipinski definition) is 2. The summed E-state index contributed by atoms with van der Waals surface area (Å²) in [5, 5.41) is 13.3. The number of fused-ring (bicyclic) bond motifs is 1. The van der Waals surface area contributed by atoms with Crippen molar-refractivity contribution in [3.8, 4) is 5.75 Å². The summed E-state index contributed by atoms with van der Waals surface area (Å²) in [4.78, 5) is 19.1. The molecule has 2 heterocycles. The Kier molecular flexibility index (Phi) is 9.75. The highest BCUT2D eigenvalue weighted by molar-refractivity contribution is 9.10. The number of ether oxygens (including phenoxy) is 1. The zero-order valence-electron chi connectivity index (χ0n) is 25.3. The van der Waals surface area contributed by atoms with E-state index in [4.69, 9.17) is 38.0 Å². The molecular weight excluding hydrogens is 705 g/mol. The minimum absolute atomic E-state index is 0.251. The quantitative estimate of drug-likeness (QED) is 0.147. The van der Waals surface area contributed by atoms with E-state index in [9.17, 15) is 4.79 Å². The van der Waals surface area contributed by atoms with Gasteiger partial charge in [-0.15, -0.1) is 5.10 Å². The molecule has 5 aromatic rings. The predicted octanol–water partition coefficient (Wildman–Crippen LogP) is 9.76. The Hall–Kier alpha value is -3.76. The van der Waals surface area contributed by atoms with Gasteiger partial charge in [-0.25, -0.2) is 4.68 Å². The molecule has 0 radical (unpaired) electrons. The molecule has 0 saturated carbocycles. The number of aromatic nitrogens is 3. The summed E-state index contributed by atoms with van der Waals surface area (Å²) in [6, 6.07) is 26.2. The molecule has 0 saturated heterocycles. The van der Waals surface area contributed by atoms with Crippen LogP contribution in [-0.2, 0) is 17.2 Å². The molecule has 1 aliphatic rings. The van der Waals surface area contributed by atoms with E-state index in [-0.39, 0.29) is 5.91 Å². The van der Waals surface area contributed by atoms with Crippen LogP contribution in [0.2, 0.25) is 10.0 Å². The molecule has 1 atom stereocenters. The lowest BCUT2D eigenvalue weighted by molar-refractivity contribution is -0.113. The molecule has 1 aromatic heterocycles. The highest BCUT2D eigenvalue weighted by Crippen LogP contribution is 2.42. The van der Waals surface area contributed by atoms with Crippen LogP contribution < -0.4 is 15.4 Å². The third-order valence-electron chi connectivity index (χ3n) is 7.82. The van der Waals surface area contributed by atoms with E-state index in [0.29, 0.717) is 50.5 Å². The SMILES string of the molecule is CC1=C(C(=O)Nc2cccc(C)c2C)C(c2cc(Br)ccc2OCc2ccc(Cl)cc2)n2nc(SCc3ccccc3Cl)nc2N1. The summed E-state index contributed by atoms with van der Waals surface area (Å²) < 4.78 is 9.00. The van der Waals surface area contributed by atoms with E-state index in [1.54, 1.807) is 4.68 Å². The van der Waals surface area contributed by atoms with Crippen molar-refractivity contribution in [3.05, 3.63) is 139 Å². The Morgan fingerprint density at radius 1 is 1.02 bits per heavy atom. The first-order chi connectivity index (χ1) is 22.2. The number of halogens is 3. The van der Waals surface area contributed by atoms with Gasteiger partial charge in [0.1, 0.15) is 18.4 Å². The number of amides is 1. The maximum atomic E-state index is 14.2. The molecule has 6 rings (SSSR count). The molecule has 234 valence electrons. The van der Waals surface area contributed by atoms with Crippen molar-refractivity contribution in [1.29, 1.82) is 0 Å². The Morgan fingerprint density at radius 3 is 2.59 bits per heavy atom. The van der Waals surface area contributed by atoms with Gasteiger partial charge < -0.3 is 15.4 Å². The molecule has 0 spiro atoms. The zero-order chi connectivity index (χ0) is 32.4. The van der Waals surface area contributed by atoms with Gasteiger partial charge in [-0.1, -0.05) is 93.4 Å². The van der Waals surface area contributed by atoms with Crippen molar-refractivity contribution in [3.63, 3.8) is 0 Å². The molecule has 7 nitrogen and oxygen atoms in total. The third kappa shape index (κ3) is 6.98. The summed E-state index contributed by atoms with van der Waals surface area (Å²) in [5.41, 5.74) is 6.70. The summed E-state index contributed by atoms with van der Waals surface area (Å²) in [6.07, 6.45) is 0. The van der Waals surface area contributed by atoms with Crippen LogP contribution in [0.3, 0.4) is 0 Å². The van der Waals surface area contributed by atoms with Crippen LogP contribution in [0.1, 0.15) is 40.8 Å². The number of thioether (sulfide) groups is 1. The Bertz CT molecular complexity index is 1960. The van der Waals surface area contributed by atoms with E-state index in [2.05, 4.69) is 26.6 Å². The van der Waals surface area contributed by atoms with Gasteiger partial charge in [-0.05, 0) is 85.5 Å². The van der Waals surface area contributed by atoms with Crippen molar-refractivity contribution >= 4 is 68.4 Å². The van der Waals surface area contributed by atoms with Gasteiger partial charge in [0.25, 0.3) is 5.91 Å². The van der Waals surface area contributed by atoms with Crippen molar-refractivity contribution in [2.75, 3.05) is 10.6 Å². The van der Waals surface area contributed by atoms with Gasteiger partial charge in [-0.2, -0.15) is 4.98 Å². The second-order valence-electron chi connectivity index (χ2n) is 10.9. The second-order valence-corrected chi connectivity index (χ2v) is 13.6. The molecule has 1 amide bonds. The first kappa shape index (κ1) is 32.2. The number of anilines is 2. The number of carbonyl (C=O) groups is 1. The molecule has 2 N–H and O–H groups in total. The molecule has 0 fully saturated rings. The van der Waals surface area contributed by atoms with E-state index in [1.165, 1.54) is 11.8 Å². The molecule has 4 aromatic carbocycles. The van der Waals surface area contributed by atoms with Crippen molar-refractivity contribution in [2.24, 2.45) is 0 Å². The number of carbonyl (C=O) groups excluding carboxylic acids is 1. The fraction of sp³-hybridized carbons (Fsp3) is 0.171. The van der Waals surface area contributed by atoms with Gasteiger partial charge in [0, 0.05) is 37.2 Å². The van der Waals surface area contributed by atoms with Gasteiger partial charge in [0.15, 0.2) is 0 Å². The smallest absolute Gasteiger partial charge is 0.255 e. The lowest BCUT2D eigenvalue weighted by Crippen LogP contribution is -2.32. The standard InChI is InChI=1S/C35H30BrCl2N5O2S/c1-20-7-6-10-29(21(20)2)40-33(44)31-22(3)39-34-41-35(46-19-24-8-4-5-9-28(24)38)42-43(34)32(31)27-17-25(36)13-16-30(27)45-18-23-11-14-26(37)15-12-23/h4-17,32H,18-19H2,1-3H3,(H,40,44)(H,39,41,42). The maximum absolute atomic E-state index is 14.2. The van der Waals surface area contributed by atoms with Crippen LogP contribution in [0.15, 0.2) is 106 Å². The lowest BCUT2D eigenvalue weighted by Gasteiger charge is -2.30. The molecule has 46 heavy (non-hydrogen) atoms. The molecule has 11 heteroatoms. The normalized spacial score (nSPS) is 14.1. The fourth-order valence-corrected chi connectivity index (χ4v) is 6.83. The van der Waals surface area contributed by atoms with Crippen molar-refractivity contribution < 1.29 is 9.53 Å². The van der Waals surface area contributed by atoms with E-state index in [0.717, 1.165) is 38.0 Å². The topological polar surface area (TPSA) is 81.1 Å². The van der Waals surface area contributed by atoms with E-state index in [1.807, 2.05) is 106 Å². The Morgan fingerprint density at radius 2 is 1.80 bits per heavy atom. The van der Waals surface area contributed by atoms with Crippen LogP contribution in [0.4, 0.5) is 11.6 Å². The highest BCUT2D eigenvalue weighted by Gasteiger charge is 2.36. The number of aryl methyl sites for hydroxylation is 1. The lowest BCUT2D eigenvalue weighted by atomic mass is 9.94. The minimum Gasteiger partial charge on any atom is -0.489 e. The van der Waals surface area contributed by atoms with Crippen LogP contribution in [0, 0.1) is 13.8 Å². The van der Waals surface area contributed by atoms with Gasteiger partial charge in [0.05, 0.1) is 5.57 Å². The molecular formula is C35H30BrCl2N5O2S. The summed E-state index contributed by atoms with van der Waals surface area (Å²) in [6.45, 7) is 6.21. The largest absolute Gasteiger partial charge is 0.489 e. The predicted molar refractivity (Wildman–Crippen MR) is 190 cm³/mol. The number of nitrogens with one attached hydrogen (secondary N) is 2. The summed E-state index contributed by atoms with van der Waals surface area (Å²) in [5.74, 6) is 1.48. The molecule has 1 unspecified atom stereocenters. The van der Waals surface area contributed by atoms with Crippen molar-refractivity contribution in [1.82, 2.24) is 14.8 Å². The van der Waals surface area contributed by atoms with E-state index >= 15 is 0 Å². The van der Waals surface area contributed by atoms with Crippen LogP contribution in [0.5, 0.6) is 5.75 Å². The number of rotatable bonds is 9. The Labute approximate surface area is 290 Å². The number of benzene rings is 4.